The Morgan fingerprint density at radius 3 is 2.83 bits per heavy atom. The molecule has 18 heavy (non-hydrogen) atoms. The summed E-state index contributed by atoms with van der Waals surface area (Å²) in [5.41, 5.74) is 0.654. The number of benzene rings is 1. The number of aliphatic hydroxyl groups excluding tert-OH is 1. The molecular formula is C13H18BrNO3. The van der Waals surface area contributed by atoms with E-state index in [1.165, 1.54) is 0 Å². The normalized spacial score (nSPS) is 10.5. The van der Waals surface area contributed by atoms with Gasteiger partial charge in [0.1, 0.15) is 5.75 Å². The molecule has 1 amide bonds. The van der Waals surface area contributed by atoms with Crippen molar-refractivity contribution < 1.29 is 14.6 Å². The van der Waals surface area contributed by atoms with Crippen molar-refractivity contribution in [1.29, 1.82) is 0 Å². The van der Waals surface area contributed by atoms with Gasteiger partial charge in [0.2, 0.25) is 0 Å². The average molecular weight is 316 g/mol. The summed E-state index contributed by atoms with van der Waals surface area (Å²) in [6, 6.07) is 5.37. The molecule has 1 rings (SSSR count). The molecule has 100 valence electrons. The van der Waals surface area contributed by atoms with Crippen molar-refractivity contribution in [2.24, 2.45) is 5.92 Å². The van der Waals surface area contributed by atoms with Gasteiger partial charge < -0.3 is 15.2 Å². The summed E-state index contributed by atoms with van der Waals surface area (Å²) < 4.78 is 6.16. The molecule has 0 aliphatic heterocycles. The lowest BCUT2D eigenvalue weighted by molar-refractivity contribution is -0.123. The van der Waals surface area contributed by atoms with Crippen LogP contribution in [0.5, 0.6) is 5.75 Å². The highest BCUT2D eigenvalue weighted by molar-refractivity contribution is 9.10. The quantitative estimate of drug-likeness (QED) is 0.845. The van der Waals surface area contributed by atoms with Crippen LogP contribution in [-0.2, 0) is 11.4 Å². The lowest BCUT2D eigenvalue weighted by Crippen LogP contribution is -2.31. The van der Waals surface area contributed by atoms with Gasteiger partial charge in [-0.15, -0.1) is 0 Å². The van der Waals surface area contributed by atoms with Gasteiger partial charge in [-0.3, -0.25) is 4.79 Å². The monoisotopic (exact) mass is 315 g/mol. The fourth-order valence-electron chi connectivity index (χ4n) is 1.35. The number of rotatable bonds is 6. The van der Waals surface area contributed by atoms with Crippen LogP contribution in [-0.4, -0.2) is 24.2 Å². The maximum Gasteiger partial charge on any atom is 0.257 e. The summed E-state index contributed by atoms with van der Waals surface area (Å²) in [6.45, 7) is 4.51. The Bertz CT molecular complexity index is 407. The van der Waals surface area contributed by atoms with Gasteiger partial charge in [-0.05, 0) is 27.9 Å². The number of nitrogens with one attached hydrogen (secondary N) is 1. The molecule has 0 fully saturated rings. The van der Waals surface area contributed by atoms with Crippen molar-refractivity contribution in [3.05, 3.63) is 28.2 Å². The number of ether oxygens (including phenoxy) is 1. The second-order valence-corrected chi connectivity index (χ2v) is 5.23. The molecule has 0 saturated heterocycles. The van der Waals surface area contributed by atoms with Crippen LogP contribution in [0.1, 0.15) is 19.4 Å². The summed E-state index contributed by atoms with van der Waals surface area (Å²) in [7, 11) is 0. The van der Waals surface area contributed by atoms with Crippen LogP contribution in [0.3, 0.4) is 0 Å². The van der Waals surface area contributed by atoms with Crippen molar-refractivity contribution in [2.45, 2.75) is 20.5 Å². The first-order chi connectivity index (χ1) is 8.54. The van der Waals surface area contributed by atoms with Gasteiger partial charge in [-0.1, -0.05) is 26.0 Å². The van der Waals surface area contributed by atoms with Crippen LogP contribution in [0, 0.1) is 5.92 Å². The second-order valence-electron chi connectivity index (χ2n) is 4.37. The number of aliphatic hydroxyl groups is 1. The van der Waals surface area contributed by atoms with Gasteiger partial charge in [0, 0.05) is 12.1 Å². The SMILES string of the molecule is CC(C)CNC(=O)COc1c(Br)cccc1CO. The summed E-state index contributed by atoms with van der Waals surface area (Å²) in [5.74, 6) is 0.758. The van der Waals surface area contributed by atoms with E-state index >= 15 is 0 Å². The molecule has 0 heterocycles. The first kappa shape index (κ1) is 15.0. The predicted octanol–water partition coefficient (Wildman–Crippen LogP) is 2.09. The van der Waals surface area contributed by atoms with Crippen molar-refractivity contribution >= 4 is 21.8 Å². The minimum atomic E-state index is -0.164. The van der Waals surface area contributed by atoms with E-state index in [-0.39, 0.29) is 19.1 Å². The van der Waals surface area contributed by atoms with E-state index < -0.39 is 0 Å². The van der Waals surface area contributed by atoms with E-state index in [2.05, 4.69) is 21.2 Å². The molecule has 0 spiro atoms. The van der Waals surface area contributed by atoms with E-state index in [0.29, 0.717) is 23.8 Å². The van der Waals surface area contributed by atoms with E-state index in [4.69, 9.17) is 4.74 Å². The van der Waals surface area contributed by atoms with Crippen molar-refractivity contribution in [2.75, 3.05) is 13.2 Å². The number of carbonyl (C=O) groups excluding carboxylic acids is 1. The van der Waals surface area contributed by atoms with Crippen LogP contribution in [0.2, 0.25) is 0 Å². The van der Waals surface area contributed by atoms with E-state index in [0.717, 1.165) is 4.47 Å². The lowest BCUT2D eigenvalue weighted by atomic mass is 10.2. The number of amides is 1. The maximum atomic E-state index is 11.5. The zero-order chi connectivity index (χ0) is 13.5. The van der Waals surface area contributed by atoms with Gasteiger partial charge in [0.05, 0.1) is 11.1 Å². The third-order valence-electron chi connectivity index (χ3n) is 2.27. The second kappa shape index (κ2) is 7.38. The molecule has 1 aromatic rings. The van der Waals surface area contributed by atoms with Gasteiger partial charge in [0.15, 0.2) is 6.61 Å². The van der Waals surface area contributed by atoms with Gasteiger partial charge in [-0.2, -0.15) is 0 Å². The minimum absolute atomic E-state index is 0.0532. The fraction of sp³-hybridized carbons (Fsp3) is 0.462. The van der Waals surface area contributed by atoms with Crippen LogP contribution in [0.4, 0.5) is 0 Å². The van der Waals surface area contributed by atoms with Crippen molar-refractivity contribution in [3.8, 4) is 5.75 Å². The highest BCUT2D eigenvalue weighted by atomic mass is 79.9. The zero-order valence-electron chi connectivity index (χ0n) is 10.6. The molecule has 2 N–H and O–H groups in total. The molecule has 0 bridgehead atoms. The van der Waals surface area contributed by atoms with Crippen LogP contribution in [0.25, 0.3) is 0 Å². The Balaban J connectivity index is 2.55. The third kappa shape index (κ3) is 4.66. The molecular weight excluding hydrogens is 298 g/mol. The molecule has 0 aliphatic carbocycles. The third-order valence-corrected chi connectivity index (χ3v) is 2.90. The average Bonchev–Trinajstić information content (AvgIpc) is 2.34. The first-order valence-electron chi connectivity index (χ1n) is 5.82. The smallest absolute Gasteiger partial charge is 0.257 e. The van der Waals surface area contributed by atoms with Crippen molar-refractivity contribution in [3.63, 3.8) is 0 Å². The first-order valence-corrected chi connectivity index (χ1v) is 6.61. The number of halogens is 1. The molecule has 5 heteroatoms. The maximum absolute atomic E-state index is 11.5. The summed E-state index contributed by atoms with van der Waals surface area (Å²) in [5, 5.41) is 12.0. The molecule has 4 nitrogen and oxygen atoms in total. The molecule has 0 aliphatic rings. The number of hydrogen-bond donors (Lipinski definition) is 2. The largest absolute Gasteiger partial charge is 0.482 e. The van der Waals surface area contributed by atoms with Crippen molar-refractivity contribution in [1.82, 2.24) is 5.32 Å². The Morgan fingerprint density at radius 1 is 1.50 bits per heavy atom. The van der Waals surface area contributed by atoms with Crippen LogP contribution < -0.4 is 10.1 Å². The minimum Gasteiger partial charge on any atom is -0.482 e. The highest BCUT2D eigenvalue weighted by Crippen LogP contribution is 2.28. The molecule has 1 aromatic carbocycles. The van der Waals surface area contributed by atoms with E-state index in [1.54, 1.807) is 18.2 Å². The standard InChI is InChI=1S/C13H18BrNO3/c1-9(2)6-15-12(17)8-18-13-10(7-16)4-3-5-11(13)14/h3-5,9,16H,6-8H2,1-2H3,(H,15,17). The van der Waals surface area contributed by atoms with E-state index in [9.17, 15) is 9.90 Å². The Kier molecular flexibility index (Phi) is 6.15. The predicted molar refractivity (Wildman–Crippen MR) is 73.4 cm³/mol. The summed E-state index contributed by atoms with van der Waals surface area (Å²) in [6.07, 6.45) is 0. The van der Waals surface area contributed by atoms with E-state index in [1.807, 2.05) is 13.8 Å². The Hall–Kier alpha value is -1.07. The van der Waals surface area contributed by atoms with Gasteiger partial charge in [-0.25, -0.2) is 0 Å². The number of carbonyl (C=O) groups is 1. The van der Waals surface area contributed by atoms with Crippen LogP contribution >= 0.6 is 15.9 Å². The summed E-state index contributed by atoms with van der Waals surface area (Å²) in [4.78, 5) is 11.5. The molecule has 0 unspecified atom stereocenters. The van der Waals surface area contributed by atoms with Gasteiger partial charge >= 0.3 is 0 Å². The number of hydrogen-bond acceptors (Lipinski definition) is 3. The number of para-hydroxylation sites is 1. The van der Waals surface area contributed by atoms with Gasteiger partial charge in [0.25, 0.3) is 5.91 Å². The fourth-order valence-corrected chi connectivity index (χ4v) is 1.87. The zero-order valence-corrected chi connectivity index (χ0v) is 12.2. The topological polar surface area (TPSA) is 58.6 Å². The molecule has 0 radical (unpaired) electrons. The Labute approximate surface area is 115 Å². The molecule has 0 aromatic heterocycles. The highest BCUT2D eigenvalue weighted by Gasteiger charge is 2.10. The summed E-state index contributed by atoms with van der Waals surface area (Å²) >= 11 is 3.33. The lowest BCUT2D eigenvalue weighted by Gasteiger charge is -2.12. The Morgan fingerprint density at radius 2 is 2.22 bits per heavy atom. The van der Waals surface area contributed by atoms with Crippen LogP contribution in [0.15, 0.2) is 22.7 Å². The molecule has 0 atom stereocenters. The molecule has 0 saturated carbocycles.